The third kappa shape index (κ3) is 5.44. The van der Waals surface area contributed by atoms with E-state index < -0.39 is 10.0 Å². The number of ether oxygens (including phenoxy) is 1. The van der Waals surface area contributed by atoms with Crippen molar-refractivity contribution in [3.8, 4) is 5.75 Å². The van der Waals surface area contributed by atoms with E-state index in [9.17, 15) is 13.2 Å². The molecule has 2 aromatic carbocycles. The molecule has 8 nitrogen and oxygen atoms in total. The molecule has 0 amide bonds. The Morgan fingerprint density at radius 1 is 1.11 bits per heavy atom. The monoisotopic (exact) mass is 513 g/mol. The van der Waals surface area contributed by atoms with E-state index in [1.54, 1.807) is 30.5 Å². The zero-order valence-electron chi connectivity index (χ0n) is 19.8. The summed E-state index contributed by atoms with van der Waals surface area (Å²) >= 11 is 1.48. The van der Waals surface area contributed by atoms with E-state index in [0.717, 1.165) is 16.8 Å². The standard InChI is InChI=1S/C25H27N3O5S2/c1-4-27(5-2)35(30,31)21-12-13-23-22(15-21)26-25(28(23)16-20-10-8-14-32-20)34-17-19-9-6-7-11-24(19)33-18(3)29/h6-15H,4-5,16-17H2,1-3H3. The summed E-state index contributed by atoms with van der Waals surface area (Å²) in [5, 5.41) is 0.700. The Kier molecular flexibility index (Phi) is 7.63. The Hall–Kier alpha value is -3.08. The van der Waals surface area contributed by atoms with Crippen LogP contribution < -0.4 is 4.74 Å². The molecule has 0 saturated heterocycles. The number of aromatic nitrogens is 2. The van der Waals surface area contributed by atoms with Gasteiger partial charge in [-0.3, -0.25) is 4.79 Å². The van der Waals surface area contributed by atoms with Crippen LogP contribution in [0.25, 0.3) is 11.0 Å². The Balaban J connectivity index is 1.72. The third-order valence-corrected chi connectivity index (χ3v) is 8.58. The van der Waals surface area contributed by atoms with Crippen LogP contribution in [0.1, 0.15) is 32.1 Å². The van der Waals surface area contributed by atoms with Gasteiger partial charge in [0.05, 0.1) is 28.7 Å². The van der Waals surface area contributed by atoms with Gasteiger partial charge < -0.3 is 13.7 Å². The summed E-state index contributed by atoms with van der Waals surface area (Å²) in [7, 11) is -3.61. The van der Waals surface area contributed by atoms with Gasteiger partial charge in [-0.2, -0.15) is 4.31 Å². The number of para-hydroxylation sites is 1. The van der Waals surface area contributed by atoms with Crippen molar-refractivity contribution in [2.75, 3.05) is 13.1 Å². The molecule has 0 fully saturated rings. The molecule has 0 aliphatic carbocycles. The number of thioether (sulfide) groups is 1. The number of fused-ring (bicyclic) bond motifs is 1. The van der Waals surface area contributed by atoms with Crippen LogP contribution in [0.3, 0.4) is 0 Å². The lowest BCUT2D eigenvalue weighted by Gasteiger charge is -2.18. The van der Waals surface area contributed by atoms with Gasteiger partial charge in [0.25, 0.3) is 0 Å². The molecule has 10 heteroatoms. The molecule has 0 spiro atoms. The van der Waals surface area contributed by atoms with E-state index in [0.29, 0.717) is 41.8 Å². The van der Waals surface area contributed by atoms with E-state index >= 15 is 0 Å². The summed E-state index contributed by atoms with van der Waals surface area (Å²) in [5.74, 6) is 1.39. The van der Waals surface area contributed by atoms with E-state index in [4.69, 9.17) is 14.1 Å². The lowest BCUT2D eigenvalue weighted by Crippen LogP contribution is -2.30. The topological polar surface area (TPSA) is 94.6 Å². The van der Waals surface area contributed by atoms with Crippen LogP contribution in [0.5, 0.6) is 5.75 Å². The fourth-order valence-electron chi connectivity index (χ4n) is 3.80. The summed E-state index contributed by atoms with van der Waals surface area (Å²) < 4.78 is 40.4. The van der Waals surface area contributed by atoms with Crippen LogP contribution in [0.15, 0.2) is 75.3 Å². The smallest absolute Gasteiger partial charge is 0.308 e. The molecule has 2 aromatic heterocycles. The number of nitrogens with zero attached hydrogens (tertiary/aromatic N) is 3. The highest BCUT2D eigenvalue weighted by Gasteiger charge is 2.23. The number of carbonyl (C=O) groups excluding carboxylic acids is 1. The summed E-state index contributed by atoms with van der Waals surface area (Å²) in [6, 6.07) is 16.1. The number of hydrogen-bond acceptors (Lipinski definition) is 7. The molecule has 184 valence electrons. The SMILES string of the molecule is CCN(CC)S(=O)(=O)c1ccc2c(c1)nc(SCc1ccccc1OC(C)=O)n2Cc1ccco1. The number of sulfonamides is 1. The fraction of sp³-hybridized carbons (Fsp3) is 0.280. The summed E-state index contributed by atoms with van der Waals surface area (Å²) in [4.78, 5) is 16.5. The van der Waals surface area contributed by atoms with Crippen molar-refractivity contribution in [2.45, 2.75) is 43.1 Å². The Morgan fingerprint density at radius 3 is 2.57 bits per heavy atom. The quantitative estimate of drug-likeness (QED) is 0.169. The molecule has 4 aromatic rings. The van der Waals surface area contributed by atoms with E-state index in [1.165, 1.54) is 23.0 Å². The third-order valence-electron chi connectivity index (χ3n) is 5.50. The first-order valence-corrected chi connectivity index (χ1v) is 13.7. The highest BCUT2D eigenvalue weighted by atomic mass is 32.2. The maximum absolute atomic E-state index is 13.1. The van der Waals surface area contributed by atoms with Crippen LogP contribution in [0.2, 0.25) is 0 Å². The number of furan rings is 1. The predicted molar refractivity (Wildman–Crippen MR) is 135 cm³/mol. The second-order valence-electron chi connectivity index (χ2n) is 7.79. The lowest BCUT2D eigenvalue weighted by molar-refractivity contribution is -0.131. The zero-order chi connectivity index (χ0) is 25.0. The minimum Gasteiger partial charge on any atom is -0.467 e. The van der Waals surface area contributed by atoms with Gasteiger partial charge in [0, 0.05) is 31.3 Å². The summed E-state index contributed by atoms with van der Waals surface area (Å²) in [6.07, 6.45) is 1.62. The number of esters is 1. The van der Waals surface area contributed by atoms with Gasteiger partial charge in [0.2, 0.25) is 10.0 Å². The molecule has 4 rings (SSSR count). The van der Waals surface area contributed by atoms with Crippen LogP contribution in [0, 0.1) is 0 Å². The van der Waals surface area contributed by atoms with Crippen molar-refractivity contribution in [2.24, 2.45) is 0 Å². The number of rotatable bonds is 10. The number of hydrogen-bond donors (Lipinski definition) is 0. The molecule has 0 aliphatic rings. The maximum Gasteiger partial charge on any atom is 0.308 e. The minimum atomic E-state index is -3.61. The fourth-order valence-corrected chi connectivity index (χ4v) is 6.28. The molecule has 2 heterocycles. The molecular weight excluding hydrogens is 486 g/mol. The van der Waals surface area contributed by atoms with E-state index in [2.05, 4.69) is 0 Å². The van der Waals surface area contributed by atoms with Crippen molar-refractivity contribution in [1.82, 2.24) is 13.9 Å². The minimum absolute atomic E-state index is 0.216. The first kappa shape index (κ1) is 25.0. The Bertz CT molecular complexity index is 1420. The highest BCUT2D eigenvalue weighted by molar-refractivity contribution is 7.98. The normalized spacial score (nSPS) is 11.9. The second-order valence-corrected chi connectivity index (χ2v) is 10.7. The van der Waals surface area contributed by atoms with Gasteiger partial charge in [0.15, 0.2) is 5.16 Å². The van der Waals surface area contributed by atoms with Crippen LogP contribution in [-0.4, -0.2) is 41.3 Å². The zero-order valence-corrected chi connectivity index (χ0v) is 21.4. The summed E-state index contributed by atoms with van der Waals surface area (Å²) in [6.45, 7) is 6.25. The molecule has 0 unspecified atom stereocenters. The number of carbonyl (C=O) groups is 1. The van der Waals surface area contributed by atoms with Gasteiger partial charge in [0.1, 0.15) is 11.5 Å². The van der Waals surface area contributed by atoms with Crippen molar-refractivity contribution in [3.63, 3.8) is 0 Å². The van der Waals surface area contributed by atoms with Crippen molar-refractivity contribution >= 4 is 38.8 Å². The predicted octanol–water partition coefficient (Wildman–Crippen LogP) is 4.93. The lowest BCUT2D eigenvalue weighted by atomic mass is 10.2. The number of imidazole rings is 1. The van der Waals surface area contributed by atoms with Gasteiger partial charge in [-0.05, 0) is 36.4 Å². The van der Waals surface area contributed by atoms with E-state index in [-0.39, 0.29) is 10.9 Å². The van der Waals surface area contributed by atoms with Gasteiger partial charge in [-0.25, -0.2) is 13.4 Å². The first-order valence-electron chi connectivity index (χ1n) is 11.3. The largest absolute Gasteiger partial charge is 0.467 e. The second kappa shape index (κ2) is 10.7. The number of benzene rings is 2. The van der Waals surface area contributed by atoms with Crippen molar-refractivity contribution in [3.05, 3.63) is 72.2 Å². The van der Waals surface area contributed by atoms with E-state index in [1.807, 2.05) is 48.7 Å². The molecule has 35 heavy (non-hydrogen) atoms. The molecule has 0 bridgehead atoms. The molecular formula is C25H27N3O5S2. The maximum atomic E-state index is 13.1. The average Bonchev–Trinajstić information content (AvgIpc) is 3.46. The molecule has 0 saturated carbocycles. The van der Waals surface area contributed by atoms with Crippen molar-refractivity contribution in [1.29, 1.82) is 0 Å². The van der Waals surface area contributed by atoms with Gasteiger partial charge in [-0.1, -0.05) is 43.8 Å². The highest BCUT2D eigenvalue weighted by Crippen LogP contribution is 2.32. The van der Waals surface area contributed by atoms with Crippen LogP contribution in [-0.2, 0) is 27.1 Å². The molecule has 0 radical (unpaired) electrons. The van der Waals surface area contributed by atoms with Crippen LogP contribution in [0.4, 0.5) is 0 Å². The van der Waals surface area contributed by atoms with Crippen molar-refractivity contribution < 1.29 is 22.4 Å². The van der Waals surface area contributed by atoms with Crippen LogP contribution >= 0.6 is 11.8 Å². The molecule has 0 atom stereocenters. The Morgan fingerprint density at radius 2 is 1.89 bits per heavy atom. The van der Waals surface area contributed by atoms with Gasteiger partial charge >= 0.3 is 5.97 Å². The Labute approximate surface area is 208 Å². The average molecular weight is 514 g/mol. The summed E-state index contributed by atoms with van der Waals surface area (Å²) in [5.41, 5.74) is 2.24. The first-order chi connectivity index (χ1) is 16.8. The molecule has 0 N–H and O–H groups in total. The molecule has 0 aliphatic heterocycles. The van der Waals surface area contributed by atoms with Gasteiger partial charge in [-0.15, -0.1) is 0 Å².